The molecule has 0 radical (unpaired) electrons. The molecule has 1 aromatic carbocycles. The molecule has 0 aliphatic rings. The maximum Gasteiger partial charge on any atom is 0.257 e. The average molecular weight is 393 g/mol. The van der Waals surface area contributed by atoms with Crippen LogP contribution in [-0.4, -0.2) is 19.1 Å². The number of ether oxygens (including phenoxy) is 1. The predicted octanol–water partition coefficient (Wildman–Crippen LogP) is 4.06. The van der Waals surface area contributed by atoms with E-state index in [0.717, 1.165) is 20.9 Å². The Bertz CT molecular complexity index is 424. The molecule has 0 unspecified atom stereocenters. The van der Waals surface area contributed by atoms with E-state index in [1.54, 1.807) is 0 Å². The minimum Gasteiger partial charge on any atom is -0.481 e. The molecule has 106 valence electrons. The van der Waals surface area contributed by atoms with Crippen LogP contribution in [0.4, 0.5) is 0 Å². The highest BCUT2D eigenvalue weighted by Crippen LogP contribution is 2.34. The smallest absolute Gasteiger partial charge is 0.257 e. The van der Waals surface area contributed by atoms with Gasteiger partial charge in [-0.25, -0.2) is 0 Å². The summed E-state index contributed by atoms with van der Waals surface area (Å²) in [6, 6.07) is 3.91. The van der Waals surface area contributed by atoms with Gasteiger partial charge in [-0.1, -0.05) is 13.8 Å². The third kappa shape index (κ3) is 5.95. The van der Waals surface area contributed by atoms with Crippen LogP contribution in [0.1, 0.15) is 25.8 Å². The number of hydrogen-bond acceptors (Lipinski definition) is 2. The molecule has 0 aromatic heterocycles. The van der Waals surface area contributed by atoms with Gasteiger partial charge in [-0.15, -0.1) is 0 Å². The molecule has 0 saturated heterocycles. The fourth-order valence-electron chi connectivity index (χ4n) is 1.51. The van der Waals surface area contributed by atoms with E-state index >= 15 is 0 Å². The van der Waals surface area contributed by atoms with Crippen molar-refractivity contribution in [3.05, 3.63) is 26.6 Å². The monoisotopic (exact) mass is 391 g/mol. The SMILES string of the molecule is Cc1cc(Br)c(OCC(=O)NCCC(C)C)c(Br)c1. The van der Waals surface area contributed by atoms with Crippen LogP contribution in [0.3, 0.4) is 0 Å². The van der Waals surface area contributed by atoms with Gasteiger partial charge < -0.3 is 10.1 Å². The number of nitrogens with one attached hydrogen (secondary N) is 1. The lowest BCUT2D eigenvalue weighted by Gasteiger charge is -2.12. The summed E-state index contributed by atoms with van der Waals surface area (Å²) in [4.78, 5) is 11.6. The van der Waals surface area contributed by atoms with E-state index in [9.17, 15) is 4.79 Å². The molecule has 1 amide bonds. The molecule has 1 aromatic rings. The van der Waals surface area contributed by atoms with E-state index in [1.807, 2.05) is 19.1 Å². The summed E-state index contributed by atoms with van der Waals surface area (Å²) < 4.78 is 7.22. The first-order valence-corrected chi connectivity index (χ1v) is 7.84. The van der Waals surface area contributed by atoms with Gasteiger partial charge in [0, 0.05) is 6.54 Å². The summed E-state index contributed by atoms with van der Waals surface area (Å²) in [7, 11) is 0. The second kappa shape index (κ2) is 7.90. The molecule has 0 atom stereocenters. The third-order valence-corrected chi connectivity index (χ3v) is 3.71. The van der Waals surface area contributed by atoms with Gasteiger partial charge >= 0.3 is 0 Å². The van der Waals surface area contributed by atoms with Gasteiger partial charge in [-0.3, -0.25) is 4.79 Å². The number of halogens is 2. The fraction of sp³-hybridized carbons (Fsp3) is 0.500. The lowest BCUT2D eigenvalue weighted by Crippen LogP contribution is -2.30. The first-order chi connectivity index (χ1) is 8.90. The van der Waals surface area contributed by atoms with Crippen LogP contribution in [0.5, 0.6) is 5.75 Å². The highest BCUT2D eigenvalue weighted by atomic mass is 79.9. The van der Waals surface area contributed by atoms with Crippen molar-refractivity contribution in [2.45, 2.75) is 27.2 Å². The molecular formula is C14H19Br2NO2. The summed E-state index contributed by atoms with van der Waals surface area (Å²) in [5.41, 5.74) is 1.12. The maximum atomic E-state index is 11.6. The molecule has 1 N–H and O–H groups in total. The van der Waals surface area contributed by atoms with Crippen molar-refractivity contribution in [3.8, 4) is 5.75 Å². The summed E-state index contributed by atoms with van der Waals surface area (Å²) in [5, 5.41) is 2.84. The number of aryl methyl sites for hydroxylation is 1. The minimum absolute atomic E-state index is 0.0261. The molecular weight excluding hydrogens is 374 g/mol. The Morgan fingerprint density at radius 2 is 1.89 bits per heavy atom. The van der Waals surface area contributed by atoms with Crippen molar-refractivity contribution in [1.82, 2.24) is 5.32 Å². The minimum atomic E-state index is -0.0972. The number of carbonyl (C=O) groups is 1. The fourth-order valence-corrected chi connectivity index (χ4v) is 3.16. The Hall–Kier alpha value is -0.550. The Labute approximate surface area is 131 Å². The molecule has 19 heavy (non-hydrogen) atoms. The van der Waals surface area contributed by atoms with Crippen LogP contribution in [0, 0.1) is 12.8 Å². The van der Waals surface area contributed by atoms with Crippen molar-refractivity contribution >= 4 is 37.8 Å². The summed E-state index contributed by atoms with van der Waals surface area (Å²) in [6.07, 6.45) is 0.976. The average Bonchev–Trinajstić information content (AvgIpc) is 2.26. The number of rotatable bonds is 6. The van der Waals surface area contributed by atoms with Crippen LogP contribution in [0.2, 0.25) is 0 Å². The third-order valence-electron chi connectivity index (χ3n) is 2.53. The van der Waals surface area contributed by atoms with Gasteiger partial charge in [0.15, 0.2) is 6.61 Å². The standard InChI is InChI=1S/C14H19Br2NO2/c1-9(2)4-5-17-13(18)8-19-14-11(15)6-10(3)7-12(14)16/h6-7,9H,4-5,8H2,1-3H3,(H,17,18). The van der Waals surface area contributed by atoms with E-state index in [0.29, 0.717) is 18.2 Å². The van der Waals surface area contributed by atoms with E-state index in [4.69, 9.17) is 4.74 Å². The van der Waals surface area contributed by atoms with Crippen molar-refractivity contribution in [3.63, 3.8) is 0 Å². The Morgan fingerprint density at radius 3 is 2.42 bits per heavy atom. The summed E-state index contributed by atoms with van der Waals surface area (Å²) >= 11 is 6.87. The number of benzene rings is 1. The first-order valence-electron chi connectivity index (χ1n) is 6.25. The maximum absolute atomic E-state index is 11.6. The molecule has 0 bridgehead atoms. The second-order valence-corrected chi connectivity index (χ2v) is 6.59. The largest absolute Gasteiger partial charge is 0.481 e. The number of carbonyl (C=O) groups excluding carboxylic acids is 1. The molecule has 0 aliphatic heterocycles. The highest BCUT2D eigenvalue weighted by molar-refractivity contribution is 9.11. The van der Waals surface area contributed by atoms with E-state index in [-0.39, 0.29) is 12.5 Å². The summed E-state index contributed by atoms with van der Waals surface area (Å²) in [5.74, 6) is 1.14. The van der Waals surface area contributed by atoms with Gasteiger partial charge in [0.05, 0.1) is 8.95 Å². The molecule has 0 fully saturated rings. The van der Waals surface area contributed by atoms with E-state index in [2.05, 4.69) is 51.0 Å². The van der Waals surface area contributed by atoms with Gasteiger partial charge in [-0.2, -0.15) is 0 Å². The normalized spacial score (nSPS) is 10.6. The quantitative estimate of drug-likeness (QED) is 0.792. The van der Waals surface area contributed by atoms with Crippen LogP contribution in [-0.2, 0) is 4.79 Å². The molecule has 0 heterocycles. The molecule has 5 heteroatoms. The Kier molecular flexibility index (Phi) is 6.86. The number of amides is 1. The van der Waals surface area contributed by atoms with Crippen LogP contribution in [0.25, 0.3) is 0 Å². The zero-order chi connectivity index (χ0) is 14.4. The topological polar surface area (TPSA) is 38.3 Å². The Balaban J connectivity index is 2.46. The lowest BCUT2D eigenvalue weighted by atomic mass is 10.1. The van der Waals surface area contributed by atoms with Gasteiger partial charge in [0.25, 0.3) is 5.91 Å². The van der Waals surface area contributed by atoms with Crippen molar-refractivity contribution < 1.29 is 9.53 Å². The van der Waals surface area contributed by atoms with Gasteiger partial charge in [0.2, 0.25) is 0 Å². The van der Waals surface area contributed by atoms with E-state index < -0.39 is 0 Å². The zero-order valence-corrected chi connectivity index (χ0v) is 14.6. The predicted molar refractivity (Wildman–Crippen MR) is 84.5 cm³/mol. The zero-order valence-electron chi connectivity index (χ0n) is 11.4. The molecule has 0 spiro atoms. The molecule has 0 aliphatic carbocycles. The van der Waals surface area contributed by atoms with Crippen molar-refractivity contribution in [1.29, 1.82) is 0 Å². The van der Waals surface area contributed by atoms with E-state index in [1.165, 1.54) is 0 Å². The van der Waals surface area contributed by atoms with Gasteiger partial charge in [-0.05, 0) is 68.8 Å². The van der Waals surface area contributed by atoms with Crippen molar-refractivity contribution in [2.75, 3.05) is 13.2 Å². The van der Waals surface area contributed by atoms with Crippen LogP contribution < -0.4 is 10.1 Å². The molecule has 1 rings (SSSR count). The van der Waals surface area contributed by atoms with Crippen LogP contribution >= 0.6 is 31.9 Å². The Morgan fingerprint density at radius 1 is 1.32 bits per heavy atom. The lowest BCUT2D eigenvalue weighted by molar-refractivity contribution is -0.123. The highest BCUT2D eigenvalue weighted by Gasteiger charge is 2.10. The van der Waals surface area contributed by atoms with Crippen molar-refractivity contribution in [2.24, 2.45) is 5.92 Å². The molecule has 3 nitrogen and oxygen atoms in total. The molecule has 0 saturated carbocycles. The first kappa shape index (κ1) is 16.5. The van der Waals surface area contributed by atoms with Crippen LogP contribution in [0.15, 0.2) is 21.1 Å². The second-order valence-electron chi connectivity index (χ2n) is 4.88. The van der Waals surface area contributed by atoms with Gasteiger partial charge in [0.1, 0.15) is 5.75 Å². The summed E-state index contributed by atoms with van der Waals surface area (Å²) in [6.45, 7) is 6.97. The number of hydrogen-bond donors (Lipinski definition) is 1.